The summed E-state index contributed by atoms with van der Waals surface area (Å²) >= 11 is 0. The van der Waals surface area contributed by atoms with E-state index in [1.54, 1.807) is 30.0 Å². The van der Waals surface area contributed by atoms with E-state index in [0.717, 1.165) is 18.4 Å². The molecule has 2 aliphatic rings. The molecule has 1 aromatic rings. The maximum Gasteiger partial charge on any atom is 0.411 e. The molecule has 8 nitrogen and oxygen atoms in total. The molecular formula is C17H21N3O5. The van der Waals surface area contributed by atoms with E-state index in [9.17, 15) is 14.4 Å². The molecule has 0 aromatic heterocycles. The summed E-state index contributed by atoms with van der Waals surface area (Å²) in [5.41, 5.74) is 1.15. The van der Waals surface area contributed by atoms with Crippen LogP contribution in [0.25, 0.3) is 0 Å². The molecule has 4 amide bonds. The average molecular weight is 347 g/mol. The Morgan fingerprint density at radius 3 is 2.84 bits per heavy atom. The number of fused-ring (bicyclic) bond motifs is 1. The number of hydrogen-bond donors (Lipinski definition) is 1. The van der Waals surface area contributed by atoms with Crippen LogP contribution >= 0.6 is 0 Å². The molecule has 0 aliphatic carbocycles. The SMILES string of the molecule is CCOC(=O)Nc1cc(CN2C(=O)C3CCCN3C2=O)ccc1OC. The van der Waals surface area contributed by atoms with Crippen LogP contribution in [-0.4, -0.2) is 54.1 Å². The summed E-state index contributed by atoms with van der Waals surface area (Å²) in [6.45, 7) is 2.75. The third kappa shape index (κ3) is 3.24. The number of nitrogens with zero attached hydrogens (tertiary/aromatic N) is 2. The zero-order valence-electron chi connectivity index (χ0n) is 14.3. The third-order valence-electron chi connectivity index (χ3n) is 4.40. The van der Waals surface area contributed by atoms with Crippen LogP contribution in [0.3, 0.4) is 0 Å². The second-order valence-electron chi connectivity index (χ2n) is 5.94. The standard InChI is InChI=1S/C17H21N3O5/c1-3-25-16(22)18-12-9-11(6-7-14(12)24-2)10-20-15(21)13-5-4-8-19(13)17(20)23/h6-7,9,13H,3-5,8,10H2,1-2H3,(H,18,22). The van der Waals surface area contributed by atoms with Gasteiger partial charge in [0.05, 0.1) is 25.9 Å². The number of amides is 4. The molecule has 1 N–H and O–H groups in total. The highest BCUT2D eigenvalue weighted by molar-refractivity contribution is 6.04. The first-order valence-electron chi connectivity index (χ1n) is 8.27. The highest BCUT2D eigenvalue weighted by Gasteiger charge is 2.47. The molecule has 1 aromatic carbocycles. The number of rotatable bonds is 5. The molecule has 0 bridgehead atoms. The Balaban J connectivity index is 1.77. The second kappa shape index (κ2) is 7.00. The van der Waals surface area contributed by atoms with Crippen molar-refractivity contribution in [1.29, 1.82) is 0 Å². The van der Waals surface area contributed by atoms with Crippen LogP contribution in [0.4, 0.5) is 15.3 Å². The fourth-order valence-corrected chi connectivity index (χ4v) is 3.24. The Kier molecular flexibility index (Phi) is 4.78. The minimum Gasteiger partial charge on any atom is -0.495 e. The van der Waals surface area contributed by atoms with E-state index >= 15 is 0 Å². The molecule has 8 heteroatoms. The largest absolute Gasteiger partial charge is 0.495 e. The number of urea groups is 1. The van der Waals surface area contributed by atoms with Gasteiger partial charge in [-0.05, 0) is 37.5 Å². The van der Waals surface area contributed by atoms with Gasteiger partial charge in [-0.1, -0.05) is 6.07 Å². The van der Waals surface area contributed by atoms with Crippen LogP contribution < -0.4 is 10.1 Å². The van der Waals surface area contributed by atoms with E-state index in [1.807, 2.05) is 0 Å². The number of benzene rings is 1. The van der Waals surface area contributed by atoms with E-state index in [0.29, 0.717) is 18.0 Å². The molecule has 2 heterocycles. The first kappa shape index (κ1) is 17.1. The van der Waals surface area contributed by atoms with Crippen molar-refractivity contribution in [3.8, 4) is 5.75 Å². The molecule has 134 valence electrons. The van der Waals surface area contributed by atoms with Gasteiger partial charge >= 0.3 is 12.1 Å². The van der Waals surface area contributed by atoms with Crippen molar-refractivity contribution in [2.24, 2.45) is 0 Å². The molecule has 1 atom stereocenters. The van der Waals surface area contributed by atoms with Crippen LogP contribution in [0.5, 0.6) is 5.75 Å². The van der Waals surface area contributed by atoms with Gasteiger partial charge in [0.25, 0.3) is 5.91 Å². The highest BCUT2D eigenvalue weighted by Crippen LogP contribution is 2.30. The first-order chi connectivity index (χ1) is 12.0. The minimum atomic E-state index is -0.591. The lowest BCUT2D eigenvalue weighted by Gasteiger charge is -2.17. The second-order valence-corrected chi connectivity index (χ2v) is 5.94. The van der Waals surface area contributed by atoms with Gasteiger partial charge in [0.2, 0.25) is 0 Å². The van der Waals surface area contributed by atoms with Crippen molar-refractivity contribution in [1.82, 2.24) is 9.80 Å². The minimum absolute atomic E-state index is 0.154. The number of carbonyl (C=O) groups excluding carboxylic acids is 3. The van der Waals surface area contributed by atoms with E-state index in [4.69, 9.17) is 9.47 Å². The Labute approximate surface area is 145 Å². The van der Waals surface area contributed by atoms with Gasteiger partial charge in [-0.25, -0.2) is 9.59 Å². The lowest BCUT2D eigenvalue weighted by molar-refractivity contribution is -0.128. The Morgan fingerprint density at radius 1 is 1.36 bits per heavy atom. The zero-order valence-corrected chi connectivity index (χ0v) is 14.3. The Morgan fingerprint density at radius 2 is 2.16 bits per heavy atom. The lowest BCUT2D eigenvalue weighted by atomic mass is 10.1. The molecular weight excluding hydrogens is 326 g/mol. The molecule has 2 fully saturated rings. The van der Waals surface area contributed by atoms with Crippen molar-refractivity contribution >= 4 is 23.7 Å². The van der Waals surface area contributed by atoms with Crippen LogP contribution in [0.15, 0.2) is 18.2 Å². The third-order valence-corrected chi connectivity index (χ3v) is 4.40. The Bertz CT molecular complexity index is 684. The molecule has 0 spiro atoms. The predicted molar refractivity (Wildman–Crippen MR) is 89.3 cm³/mol. The van der Waals surface area contributed by atoms with Crippen LogP contribution in [0.1, 0.15) is 25.3 Å². The number of ether oxygens (including phenoxy) is 2. The van der Waals surface area contributed by atoms with Crippen LogP contribution in [-0.2, 0) is 16.1 Å². The first-order valence-corrected chi connectivity index (χ1v) is 8.27. The van der Waals surface area contributed by atoms with Gasteiger partial charge in [0.15, 0.2) is 0 Å². The fraction of sp³-hybridized carbons (Fsp3) is 0.471. The summed E-state index contributed by atoms with van der Waals surface area (Å²) in [5.74, 6) is 0.315. The molecule has 25 heavy (non-hydrogen) atoms. The van der Waals surface area contributed by atoms with E-state index in [1.165, 1.54) is 12.0 Å². The van der Waals surface area contributed by atoms with E-state index in [2.05, 4.69) is 5.32 Å². The van der Waals surface area contributed by atoms with E-state index < -0.39 is 6.09 Å². The number of carbonyl (C=O) groups is 3. The van der Waals surface area contributed by atoms with Gasteiger partial charge in [-0.3, -0.25) is 15.0 Å². The van der Waals surface area contributed by atoms with Crippen molar-refractivity contribution in [3.05, 3.63) is 23.8 Å². The molecule has 0 saturated carbocycles. The van der Waals surface area contributed by atoms with E-state index in [-0.39, 0.29) is 31.1 Å². The number of nitrogens with one attached hydrogen (secondary N) is 1. The van der Waals surface area contributed by atoms with Gasteiger partial charge in [0.1, 0.15) is 11.8 Å². The van der Waals surface area contributed by atoms with Crippen LogP contribution in [0.2, 0.25) is 0 Å². The summed E-state index contributed by atoms with van der Waals surface area (Å²) in [7, 11) is 1.49. The maximum absolute atomic E-state index is 12.4. The monoisotopic (exact) mass is 347 g/mol. The zero-order chi connectivity index (χ0) is 18.0. The van der Waals surface area contributed by atoms with Gasteiger partial charge < -0.3 is 14.4 Å². The van der Waals surface area contributed by atoms with Gasteiger partial charge in [-0.2, -0.15) is 0 Å². The summed E-state index contributed by atoms with van der Waals surface area (Å²) in [4.78, 5) is 39.4. The van der Waals surface area contributed by atoms with Crippen molar-refractivity contribution < 1.29 is 23.9 Å². The summed E-state index contributed by atoms with van der Waals surface area (Å²) in [6.07, 6.45) is 0.998. The number of anilines is 1. The van der Waals surface area contributed by atoms with Crippen molar-refractivity contribution in [3.63, 3.8) is 0 Å². The predicted octanol–water partition coefficient (Wildman–Crippen LogP) is 2.19. The quantitative estimate of drug-likeness (QED) is 0.825. The summed E-state index contributed by atoms with van der Waals surface area (Å²) < 4.78 is 10.1. The Hall–Kier alpha value is -2.77. The number of imide groups is 1. The topological polar surface area (TPSA) is 88.2 Å². The maximum atomic E-state index is 12.4. The summed E-state index contributed by atoms with van der Waals surface area (Å²) in [5, 5.41) is 2.61. The van der Waals surface area contributed by atoms with Crippen molar-refractivity contribution in [2.45, 2.75) is 32.4 Å². The van der Waals surface area contributed by atoms with Gasteiger partial charge in [-0.15, -0.1) is 0 Å². The average Bonchev–Trinajstić information content (AvgIpc) is 3.15. The fourth-order valence-electron chi connectivity index (χ4n) is 3.24. The smallest absolute Gasteiger partial charge is 0.411 e. The normalized spacial score (nSPS) is 19.2. The van der Waals surface area contributed by atoms with Gasteiger partial charge in [0, 0.05) is 6.54 Å². The molecule has 2 saturated heterocycles. The molecule has 3 rings (SSSR count). The van der Waals surface area contributed by atoms with Crippen LogP contribution in [0, 0.1) is 0 Å². The summed E-state index contributed by atoms with van der Waals surface area (Å²) in [6, 6.07) is 4.56. The molecule has 2 aliphatic heterocycles. The van der Waals surface area contributed by atoms with Crippen molar-refractivity contribution in [2.75, 3.05) is 25.6 Å². The number of methoxy groups -OCH3 is 1. The highest BCUT2D eigenvalue weighted by atomic mass is 16.5. The molecule has 0 radical (unpaired) electrons. The lowest BCUT2D eigenvalue weighted by Crippen LogP contribution is -2.32. The molecule has 1 unspecified atom stereocenters. The number of hydrogen-bond acceptors (Lipinski definition) is 5.